The zero-order chi connectivity index (χ0) is 10.4. The van der Waals surface area contributed by atoms with Gasteiger partial charge < -0.3 is 40.6 Å². The molecule has 0 saturated carbocycles. The molecule has 5 N–H and O–H groups in total. The molecule has 0 aromatic rings. The van der Waals surface area contributed by atoms with Crippen molar-refractivity contribution in [1.29, 1.82) is 0 Å². The van der Waals surface area contributed by atoms with Gasteiger partial charge in [0.1, 0.15) is 6.10 Å². The molecule has 0 spiro atoms. The van der Waals surface area contributed by atoms with Crippen LogP contribution in [0.1, 0.15) is 0 Å². The quantitative estimate of drug-likeness (QED) is 0.329. The zero-order valence-corrected chi connectivity index (χ0v) is 7.86. The summed E-state index contributed by atoms with van der Waals surface area (Å²) in [5.74, 6) is 0. The van der Waals surface area contributed by atoms with Crippen LogP contribution >= 0.6 is 0 Å². The second kappa shape index (κ2) is 39.6. The summed E-state index contributed by atoms with van der Waals surface area (Å²) in [5.41, 5.74) is 0. The van der Waals surface area contributed by atoms with Crippen LogP contribution in [-0.2, 0) is 26.7 Å². The Kier molecular flexibility index (Phi) is 82.6. The number of carbonyl (C=O) groups is 2. The van der Waals surface area contributed by atoms with Crippen LogP contribution in [0.25, 0.3) is 0 Å². The minimum absolute atomic E-state index is 0. The SMILES string of the molecule is O.O=C[O-].O=C[O-].OCC(O)CO.[Cu+2]. The summed E-state index contributed by atoms with van der Waals surface area (Å²) in [6.07, 6.45) is -0.954. The Morgan fingerprint density at radius 3 is 1.21 bits per heavy atom. The van der Waals surface area contributed by atoms with Crippen molar-refractivity contribution >= 4 is 12.9 Å². The molecular weight excluding hydrogens is 252 g/mol. The van der Waals surface area contributed by atoms with Crippen LogP contribution in [0.4, 0.5) is 0 Å². The number of hydrogen-bond donors (Lipinski definition) is 3. The smallest absolute Gasteiger partial charge is 0.554 e. The Morgan fingerprint density at radius 1 is 1.07 bits per heavy atom. The molecule has 1 radical (unpaired) electrons. The van der Waals surface area contributed by atoms with Crippen LogP contribution in [0.2, 0.25) is 0 Å². The first-order chi connectivity index (χ1) is 5.64. The van der Waals surface area contributed by atoms with Gasteiger partial charge in [-0.2, -0.15) is 0 Å². The Hall–Kier alpha value is -0.701. The van der Waals surface area contributed by atoms with E-state index < -0.39 is 19.0 Å². The van der Waals surface area contributed by atoms with E-state index in [1.165, 1.54) is 0 Å². The molecule has 91 valence electrons. The summed E-state index contributed by atoms with van der Waals surface area (Å²) >= 11 is 0. The standard InChI is InChI=1S/C3H8O3.2CH2O2.Cu.H2O/c4-1-3(6)2-5;2*2-1-3;;/h3-6H,1-2H2;2*1H,(H,2,3);;1H2/q;;;+2;/p-2. The third kappa shape index (κ3) is 110. The van der Waals surface area contributed by atoms with E-state index in [4.69, 9.17) is 35.1 Å². The molecule has 8 nitrogen and oxygen atoms in total. The summed E-state index contributed by atoms with van der Waals surface area (Å²) in [6.45, 7) is -1.73. The number of aliphatic hydroxyl groups excluding tert-OH is 3. The van der Waals surface area contributed by atoms with Crippen molar-refractivity contribution in [2.45, 2.75) is 6.10 Å². The minimum Gasteiger partial charge on any atom is -0.554 e. The van der Waals surface area contributed by atoms with Crippen LogP contribution in [0.5, 0.6) is 0 Å². The molecule has 0 rings (SSSR count). The largest absolute Gasteiger partial charge is 2.00 e. The molecule has 0 aliphatic carbocycles. The summed E-state index contributed by atoms with van der Waals surface area (Å²) in [4.78, 5) is 16.5. The third-order valence-corrected chi connectivity index (χ3v) is 0.421. The number of carbonyl (C=O) groups excluding carboxylic acids is 2. The molecule has 0 fully saturated rings. The van der Waals surface area contributed by atoms with Crippen molar-refractivity contribution < 1.29 is 57.7 Å². The third-order valence-electron chi connectivity index (χ3n) is 0.421. The molecule has 0 aromatic heterocycles. The van der Waals surface area contributed by atoms with Gasteiger partial charge in [0.25, 0.3) is 0 Å². The van der Waals surface area contributed by atoms with Gasteiger partial charge in [0.05, 0.1) is 13.2 Å². The molecule has 0 aliphatic rings. The van der Waals surface area contributed by atoms with Gasteiger partial charge in [-0.3, -0.25) is 0 Å². The van der Waals surface area contributed by atoms with Gasteiger partial charge in [-0.15, -0.1) is 0 Å². The van der Waals surface area contributed by atoms with Gasteiger partial charge in [0, 0.05) is 12.9 Å². The van der Waals surface area contributed by atoms with E-state index in [9.17, 15) is 0 Å². The van der Waals surface area contributed by atoms with Gasteiger partial charge in [-0.25, -0.2) is 0 Å². The van der Waals surface area contributed by atoms with E-state index >= 15 is 0 Å². The van der Waals surface area contributed by atoms with Crippen molar-refractivity contribution in [2.75, 3.05) is 13.2 Å². The predicted octanol–water partition coefficient (Wildman–Crippen LogP) is -5.76. The van der Waals surface area contributed by atoms with E-state index in [1.54, 1.807) is 0 Å². The average molecular weight is 264 g/mol. The number of carboxylic acid groups (broad SMARTS) is 2. The van der Waals surface area contributed by atoms with Crippen molar-refractivity contribution in [3.63, 3.8) is 0 Å². The summed E-state index contributed by atoms with van der Waals surface area (Å²) in [5, 5.41) is 40.5. The van der Waals surface area contributed by atoms with Crippen molar-refractivity contribution in [2.24, 2.45) is 0 Å². The number of hydrogen-bond acceptors (Lipinski definition) is 7. The van der Waals surface area contributed by atoms with E-state index in [0.29, 0.717) is 0 Å². The molecule has 14 heavy (non-hydrogen) atoms. The first kappa shape index (κ1) is 29.2. The maximum Gasteiger partial charge on any atom is 2.00 e. The Morgan fingerprint density at radius 2 is 1.21 bits per heavy atom. The van der Waals surface area contributed by atoms with Gasteiger partial charge in [0.2, 0.25) is 0 Å². The Bertz CT molecular complexity index is 79.8. The molecule has 0 unspecified atom stereocenters. The molecule has 0 aliphatic heterocycles. The summed E-state index contributed by atoms with van der Waals surface area (Å²) in [6, 6.07) is 0. The molecule has 0 heterocycles. The zero-order valence-electron chi connectivity index (χ0n) is 6.92. The van der Waals surface area contributed by atoms with Crippen molar-refractivity contribution in [3.8, 4) is 0 Å². The van der Waals surface area contributed by atoms with Gasteiger partial charge in [-0.1, -0.05) is 0 Å². The van der Waals surface area contributed by atoms with Crippen molar-refractivity contribution in [1.82, 2.24) is 0 Å². The predicted molar refractivity (Wildman–Crippen MR) is 35.9 cm³/mol. The second-order valence-corrected chi connectivity index (χ2v) is 1.21. The molecular formula is C5H12CuO8. The average Bonchev–Trinajstić information content (AvgIpc) is 2.06. The van der Waals surface area contributed by atoms with Gasteiger partial charge >= 0.3 is 17.1 Å². The first-order valence-electron chi connectivity index (χ1n) is 2.65. The van der Waals surface area contributed by atoms with E-state index in [-0.39, 0.29) is 35.8 Å². The monoisotopic (exact) mass is 263 g/mol. The van der Waals surface area contributed by atoms with Gasteiger partial charge in [-0.05, 0) is 0 Å². The van der Waals surface area contributed by atoms with Gasteiger partial charge in [0.15, 0.2) is 0 Å². The second-order valence-electron chi connectivity index (χ2n) is 1.21. The topological polar surface area (TPSA) is 172 Å². The van der Waals surface area contributed by atoms with Crippen LogP contribution < -0.4 is 10.2 Å². The normalized spacial score (nSPS) is 6.00. The van der Waals surface area contributed by atoms with Crippen LogP contribution in [0.3, 0.4) is 0 Å². The Labute approximate surface area is 90.6 Å². The summed E-state index contributed by atoms with van der Waals surface area (Å²) in [7, 11) is 0. The summed E-state index contributed by atoms with van der Waals surface area (Å²) < 4.78 is 0. The van der Waals surface area contributed by atoms with E-state index in [1.807, 2.05) is 0 Å². The maximum atomic E-state index is 8.25. The molecule has 0 atom stereocenters. The van der Waals surface area contributed by atoms with Crippen LogP contribution in [0.15, 0.2) is 0 Å². The minimum atomic E-state index is -0.954. The van der Waals surface area contributed by atoms with Crippen molar-refractivity contribution in [3.05, 3.63) is 0 Å². The van der Waals surface area contributed by atoms with E-state index in [2.05, 4.69) is 0 Å². The molecule has 9 heteroatoms. The Balaban J connectivity index is -0.0000000297. The fraction of sp³-hybridized carbons (Fsp3) is 0.600. The fourth-order valence-corrected chi connectivity index (χ4v) is 0.0577. The molecule has 0 saturated heterocycles. The number of aliphatic hydroxyl groups is 3. The van der Waals surface area contributed by atoms with Crippen LogP contribution in [0, 0.1) is 0 Å². The molecule has 0 aromatic carbocycles. The van der Waals surface area contributed by atoms with E-state index in [0.717, 1.165) is 0 Å². The maximum absolute atomic E-state index is 8.25. The first-order valence-corrected chi connectivity index (χ1v) is 2.65. The number of rotatable bonds is 2. The molecule has 0 amide bonds. The molecule has 0 bridgehead atoms. The fourth-order valence-electron chi connectivity index (χ4n) is 0.0577. The van der Waals surface area contributed by atoms with Crippen LogP contribution in [-0.4, -0.2) is 53.1 Å².